The molecule has 0 heterocycles. The quantitative estimate of drug-likeness (QED) is 0.223. The first-order chi connectivity index (χ1) is 13.1. The molecule has 0 saturated carbocycles. The average molecular weight is 373 g/mol. The van der Waals surface area contributed by atoms with Crippen LogP contribution in [-0.4, -0.2) is 22.0 Å². The van der Waals surface area contributed by atoms with Gasteiger partial charge in [-0.25, -0.2) is 4.79 Å². The molecule has 0 aromatic heterocycles. The Balaban J connectivity index is 3.74. The SMILES string of the molecule is CCC=CCC=CCC=CCC=CCC=CCC=CCC(C(=O)O)[N+](=O)[O-]. The zero-order valence-electron chi connectivity index (χ0n) is 16.1. The fourth-order valence-electron chi connectivity index (χ4n) is 2.02. The van der Waals surface area contributed by atoms with Crippen molar-refractivity contribution in [2.24, 2.45) is 0 Å². The van der Waals surface area contributed by atoms with E-state index in [-0.39, 0.29) is 6.42 Å². The van der Waals surface area contributed by atoms with E-state index in [0.717, 1.165) is 32.1 Å². The molecule has 0 aliphatic rings. The Bertz CT molecular complexity index is 569. The van der Waals surface area contributed by atoms with Crippen molar-refractivity contribution >= 4 is 5.97 Å². The summed E-state index contributed by atoms with van der Waals surface area (Å²) in [5.41, 5.74) is 0. The number of rotatable bonds is 15. The van der Waals surface area contributed by atoms with Crippen LogP contribution in [-0.2, 0) is 4.79 Å². The van der Waals surface area contributed by atoms with Crippen molar-refractivity contribution in [3.63, 3.8) is 0 Å². The Morgan fingerprint density at radius 3 is 1.41 bits per heavy atom. The van der Waals surface area contributed by atoms with Gasteiger partial charge in [0.2, 0.25) is 0 Å². The lowest BCUT2D eigenvalue weighted by Gasteiger charge is -1.99. The van der Waals surface area contributed by atoms with Crippen LogP contribution in [0, 0.1) is 10.1 Å². The van der Waals surface area contributed by atoms with Crippen LogP contribution in [0.4, 0.5) is 0 Å². The van der Waals surface area contributed by atoms with Gasteiger partial charge in [-0.05, 0) is 38.5 Å². The molecule has 148 valence electrons. The summed E-state index contributed by atoms with van der Waals surface area (Å²) in [6.45, 7) is 2.13. The minimum atomic E-state index is -1.56. The summed E-state index contributed by atoms with van der Waals surface area (Å²) >= 11 is 0. The molecule has 0 spiro atoms. The maximum Gasteiger partial charge on any atom is 0.379 e. The Morgan fingerprint density at radius 2 is 1.11 bits per heavy atom. The van der Waals surface area contributed by atoms with Crippen molar-refractivity contribution in [2.75, 3.05) is 0 Å². The summed E-state index contributed by atoms with van der Waals surface area (Å²) < 4.78 is 0. The highest BCUT2D eigenvalue weighted by atomic mass is 16.6. The summed E-state index contributed by atoms with van der Waals surface area (Å²) in [7, 11) is 0. The van der Waals surface area contributed by atoms with E-state index >= 15 is 0 Å². The molecule has 5 heteroatoms. The Labute approximate surface area is 162 Å². The highest BCUT2D eigenvalue weighted by molar-refractivity contribution is 5.72. The molecule has 27 heavy (non-hydrogen) atoms. The van der Waals surface area contributed by atoms with Gasteiger partial charge in [0.25, 0.3) is 0 Å². The molecule has 1 unspecified atom stereocenters. The first-order valence-electron chi connectivity index (χ1n) is 9.35. The maximum atomic E-state index is 10.6. The third-order valence-electron chi connectivity index (χ3n) is 3.50. The Hall–Kier alpha value is -2.69. The second-order valence-corrected chi connectivity index (χ2v) is 5.79. The zero-order valence-corrected chi connectivity index (χ0v) is 16.1. The van der Waals surface area contributed by atoms with Crippen LogP contribution in [0.15, 0.2) is 72.9 Å². The molecule has 0 radical (unpaired) electrons. The molecule has 0 aliphatic carbocycles. The summed E-state index contributed by atoms with van der Waals surface area (Å²) in [5, 5.41) is 19.2. The van der Waals surface area contributed by atoms with Gasteiger partial charge in [0.15, 0.2) is 0 Å². The Morgan fingerprint density at radius 1 is 0.778 bits per heavy atom. The fraction of sp³-hybridized carbons (Fsp3) is 0.409. The predicted octanol–water partition coefficient (Wildman–Crippen LogP) is 5.80. The standard InChI is InChI=1S/C22H31NO4/c1-2-3-4-5-6-7-8-9-10-11-12-13-14-15-16-17-18-19-20-21(22(24)25)23(26)27/h3-4,6-7,9-10,12-13,15-16,18-19,21H,2,5,8,11,14,17,20H2,1H3,(H,24,25). The van der Waals surface area contributed by atoms with Crippen molar-refractivity contribution in [3.8, 4) is 0 Å². The topological polar surface area (TPSA) is 80.4 Å². The van der Waals surface area contributed by atoms with E-state index in [1.807, 2.05) is 12.2 Å². The summed E-state index contributed by atoms with van der Waals surface area (Å²) in [6, 6.07) is -1.56. The van der Waals surface area contributed by atoms with Gasteiger partial charge in [-0.2, -0.15) is 0 Å². The molecule has 1 atom stereocenters. The van der Waals surface area contributed by atoms with E-state index in [1.165, 1.54) is 0 Å². The van der Waals surface area contributed by atoms with E-state index in [4.69, 9.17) is 5.11 Å². The number of nitro groups is 1. The lowest BCUT2D eigenvalue weighted by molar-refractivity contribution is -0.509. The molecule has 0 rings (SSSR count). The average Bonchev–Trinajstić information content (AvgIpc) is 2.63. The number of carbonyl (C=O) groups is 1. The highest BCUT2D eigenvalue weighted by Crippen LogP contribution is 2.01. The van der Waals surface area contributed by atoms with Gasteiger partial charge < -0.3 is 5.11 Å². The molecule has 0 aliphatic heterocycles. The first-order valence-corrected chi connectivity index (χ1v) is 9.35. The van der Waals surface area contributed by atoms with E-state index in [1.54, 1.807) is 12.2 Å². The number of hydrogen-bond acceptors (Lipinski definition) is 3. The van der Waals surface area contributed by atoms with Gasteiger partial charge in [-0.15, -0.1) is 0 Å². The lowest BCUT2D eigenvalue weighted by atomic mass is 10.2. The minimum absolute atomic E-state index is 0.0902. The van der Waals surface area contributed by atoms with E-state index in [0.29, 0.717) is 6.42 Å². The van der Waals surface area contributed by atoms with Gasteiger partial charge in [0, 0.05) is 11.3 Å². The zero-order chi connectivity index (χ0) is 20.2. The molecule has 0 fully saturated rings. The molecule has 0 saturated heterocycles. The van der Waals surface area contributed by atoms with Crippen LogP contribution in [0.3, 0.4) is 0 Å². The number of aliphatic carboxylic acids is 1. The highest BCUT2D eigenvalue weighted by Gasteiger charge is 2.27. The van der Waals surface area contributed by atoms with Gasteiger partial charge in [0.05, 0.1) is 0 Å². The first kappa shape index (κ1) is 24.3. The number of allylic oxidation sites excluding steroid dienone is 11. The molecule has 0 aromatic rings. The number of carboxylic acids is 1. The Kier molecular flexibility index (Phi) is 16.3. The number of nitrogens with zero attached hydrogens (tertiary/aromatic N) is 1. The minimum Gasteiger partial charge on any atom is -0.476 e. The monoisotopic (exact) mass is 373 g/mol. The fourth-order valence-corrected chi connectivity index (χ4v) is 2.02. The van der Waals surface area contributed by atoms with Crippen LogP contribution in [0.1, 0.15) is 51.9 Å². The molecule has 0 bridgehead atoms. The van der Waals surface area contributed by atoms with Crippen molar-refractivity contribution in [3.05, 3.63) is 83.0 Å². The van der Waals surface area contributed by atoms with Gasteiger partial charge >= 0.3 is 12.0 Å². The second kappa shape index (κ2) is 18.1. The second-order valence-electron chi connectivity index (χ2n) is 5.79. The predicted molar refractivity (Wildman–Crippen MR) is 111 cm³/mol. The molecular formula is C22H31NO4. The van der Waals surface area contributed by atoms with Crippen molar-refractivity contribution in [1.82, 2.24) is 0 Å². The molecule has 0 amide bonds. The summed E-state index contributed by atoms with van der Waals surface area (Å²) in [6.07, 6.45) is 29.8. The lowest BCUT2D eigenvalue weighted by Crippen LogP contribution is -2.28. The third-order valence-corrected chi connectivity index (χ3v) is 3.50. The summed E-state index contributed by atoms with van der Waals surface area (Å²) in [5.74, 6) is -1.40. The van der Waals surface area contributed by atoms with Crippen LogP contribution in [0.25, 0.3) is 0 Å². The molecular weight excluding hydrogens is 342 g/mol. The third kappa shape index (κ3) is 16.5. The van der Waals surface area contributed by atoms with Gasteiger partial charge in [0.1, 0.15) is 0 Å². The molecule has 0 aromatic carbocycles. The smallest absolute Gasteiger partial charge is 0.379 e. The van der Waals surface area contributed by atoms with Crippen LogP contribution < -0.4 is 0 Å². The van der Waals surface area contributed by atoms with E-state index < -0.39 is 16.9 Å². The van der Waals surface area contributed by atoms with Crippen molar-refractivity contribution in [2.45, 2.75) is 57.9 Å². The number of carboxylic acid groups (broad SMARTS) is 1. The van der Waals surface area contributed by atoms with Gasteiger partial charge in [-0.1, -0.05) is 79.8 Å². The maximum absolute atomic E-state index is 10.6. The van der Waals surface area contributed by atoms with E-state index in [9.17, 15) is 14.9 Å². The normalized spacial score (nSPS) is 14.0. The molecule has 1 N–H and O–H groups in total. The van der Waals surface area contributed by atoms with Crippen LogP contribution in [0.2, 0.25) is 0 Å². The van der Waals surface area contributed by atoms with Gasteiger partial charge in [-0.3, -0.25) is 10.1 Å². The van der Waals surface area contributed by atoms with Crippen molar-refractivity contribution < 1.29 is 14.8 Å². The van der Waals surface area contributed by atoms with E-state index in [2.05, 4.69) is 55.5 Å². The summed E-state index contributed by atoms with van der Waals surface area (Å²) in [4.78, 5) is 20.4. The van der Waals surface area contributed by atoms with Crippen LogP contribution in [0.5, 0.6) is 0 Å². The van der Waals surface area contributed by atoms with Crippen molar-refractivity contribution in [1.29, 1.82) is 0 Å². The van der Waals surface area contributed by atoms with Crippen LogP contribution >= 0.6 is 0 Å². The molecule has 5 nitrogen and oxygen atoms in total. The largest absolute Gasteiger partial charge is 0.476 e. The number of hydrogen-bond donors (Lipinski definition) is 1.